The molecule has 0 aliphatic rings. The van der Waals surface area contributed by atoms with E-state index in [0.717, 1.165) is 11.1 Å². The number of nitrogen functional groups attached to an aromatic ring is 1. The molecule has 0 bridgehead atoms. The number of hydrogen-bond donors (Lipinski definition) is 1. The Morgan fingerprint density at radius 1 is 1.12 bits per heavy atom. The third-order valence-electron chi connectivity index (χ3n) is 2.26. The molecular formula is C11H12N2O3. The summed E-state index contributed by atoms with van der Waals surface area (Å²) in [6, 6.07) is 5.46. The highest BCUT2D eigenvalue weighted by Gasteiger charge is 2.10. The van der Waals surface area contributed by atoms with E-state index in [0.29, 0.717) is 11.5 Å². The molecule has 0 amide bonds. The summed E-state index contributed by atoms with van der Waals surface area (Å²) in [5, 5.41) is 3.63. The van der Waals surface area contributed by atoms with Crippen molar-refractivity contribution in [1.82, 2.24) is 5.16 Å². The summed E-state index contributed by atoms with van der Waals surface area (Å²) < 4.78 is 15.1. The van der Waals surface area contributed by atoms with E-state index >= 15 is 0 Å². The van der Waals surface area contributed by atoms with Gasteiger partial charge in [-0.15, -0.1) is 0 Å². The standard InChI is InChI=1S/C11H12N2O3/c1-14-8-3-7(4-9(5-8)15-2)10-6-13-16-11(10)12/h3-6H,12H2,1-2H3. The van der Waals surface area contributed by atoms with Gasteiger partial charge in [-0.25, -0.2) is 0 Å². The smallest absolute Gasteiger partial charge is 0.229 e. The van der Waals surface area contributed by atoms with Crippen LogP contribution in [0, 0.1) is 0 Å². The van der Waals surface area contributed by atoms with Crippen LogP contribution < -0.4 is 15.2 Å². The molecule has 2 N–H and O–H groups in total. The predicted octanol–water partition coefficient (Wildman–Crippen LogP) is 1.94. The Labute approximate surface area is 92.8 Å². The number of methoxy groups -OCH3 is 2. The lowest BCUT2D eigenvalue weighted by Crippen LogP contribution is -1.90. The van der Waals surface area contributed by atoms with Crippen molar-refractivity contribution in [2.24, 2.45) is 0 Å². The zero-order chi connectivity index (χ0) is 11.5. The Morgan fingerprint density at radius 2 is 1.75 bits per heavy atom. The monoisotopic (exact) mass is 220 g/mol. The van der Waals surface area contributed by atoms with Crippen LogP contribution in [0.2, 0.25) is 0 Å². The fourth-order valence-electron chi connectivity index (χ4n) is 1.43. The SMILES string of the molecule is COc1cc(OC)cc(-c2cnoc2N)c1. The van der Waals surface area contributed by atoms with E-state index in [2.05, 4.69) is 5.16 Å². The minimum atomic E-state index is 0.273. The number of aromatic nitrogens is 1. The summed E-state index contributed by atoms with van der Waals surface area (Å²) in [5.74, 6) is 1.65. The highest BCUT2D eigenvalue weighted by atomic mass is 16.5. The largest absolute Gasteiger partial charge is 0.497 e. The van der Waals surface area contributed by atoms with Crippen molar-refractivity contribution in [2.75, 3.05) is 20.0 Å². The summed E-state index contributed by atoms with van der Waals surface area (Å²) in [6.07, 6.45) is 1.56. The van der Waals surface area contributed by atoms with Gasteiger partial charge in [0.05, 0.1) is 26.0 Å². The van der Waals surface area contributed by atoms with Crippen molar-refractivity contribution in [3.8, 4) is 22.6 Å². The van der Waals surface area contributed by atoms with E-state index in [1.165, 1.54) is 0 Å². The number of rotatable bonds is 3. The molecular weight excluding hydrogens is 208 g/mol. The molecule has 16 heavy (non-hydrogen) atoms. The number of ether oxygens (including phenoxy) is 2. The molecule has 5 heteroatoms. The van der Waals surface area contributed by atoms with Crippen LogP contribution in [-0.2, 0) is 0 Å². The van der Waals surface area contributed by atoms with Crippen molar-refractivity contribution < 1.29 is 14.0 Å². The van der Waals surface area contributed by atoms with E-state index in [9.17, 15) is 0 Å². The van der Waals surface area contributed by atoms with Gasteiger partial charge in [-0.2, -0.15) is 0 Å². The summed E-state index contributed by atoms with van der Waals surface area (Å²) >= 11 is 0. The molecule has 0 aliphatic heterocycles. The number of anilines is 1. The first-order chi connectivity index (χ1) is 7.74. The first-order valence-electron chi connectivity index (χ1n) is 4.68. The minimum Gasteiger partial charge on any atom is -0.497 e. The van der Waals surface area contributed by atoms with E-state index in [-0.39, 0.29) is 5.88 Å². The fourth-order valence-corrected chi connectivity index (χ4v) is 1.43. The van der Waals surface area contributed by atoms with Crippen molar-refractivity contribution >= 4 is 5.88 Å². The van der Waals surface area contributed by atoms with Crippen LogP contribution in [0.25, 0.3) is 11.1 Å². The lowest BCUT2D eigenvalue weighted by molar-refractivity contribution is 0.394. The average molecular weight is 220 g/mol. The lowest BCUT2D eigenvalue weighted by Gasteiger charge is -2.07. The third kappa shape index (κ3) is 1.79. The highest BCUT2D eigenvalue weighted by Crippen LogP contribution is 2.32. The molecule has 1 aromatic heterocycles. The Kier molecular flexibility index (Phi) is 2.68. The van der Waals surface area contributed by atoms with Crippen LogP contribution in [0.3, 0.4) is 0 Å². The zero-order valence-corrected chi connectivity index (χ0v) is 9.06. The fraction of sp³-hybridized carbons (Fsp3) is 0.182. The average Bonchev–Trinajstić information content (AvgIpc) is 2.74. The van der Waals surface area contributed by atoms with Crippen LogP contribution >= 0.6 is 0 Å². The zero-order valence-electron chi connectivity index (χ0n) is 9.06. The maximum absolute atomic E-state index is 5.64. The molecule has 0 spiro atoms. The van der Waals surface area contributed by atoms with Crippen molar-refractivity contribution in [1.29, 1.82) is 0 Å². The Morgan fingerprint density at radius 3 is 2.19 bits per heavy atom. The predicted molar refractivity (Wildman–Crippen MR) is 59.5 cm³/mol. The molecule has 84 valence electrons. The first kappa shape index (κ1) is 10.4. The summed E-state index contributed by atoms with van der Waals surface area (Å²) in [5.41, 5.74) is 7.21. The van der Waals surface area contributed by atoms with Gasteiger partial charge in [0.1, 0.15) is 11.5 Å². The second kappa shape index (κ2) is 4.14. The Hall–Kier alpha value is -2.17. The second-order valence-corrected chi connectivity index (χ2v) is 3.21. The van der Waals surface area contributed by atoms with E-state index in [1.54, 1.807) is 26.5 Å². The van der Waals surface area contributed by atoms with Crippen molar-refractivity contribution in [2.45, 2.75) is 0 Å². The van der Waals surface area contributed by atoms with Crippen molar-refractivity contribution in [3.05, 3.63) is 24.4 Å². The molecule has 1 heterocycles. The van der Waals surface area contributed by atoms with E-state index in [4.69, 9.17) is 19.7 Å². The molecule has 0 aliphatic carbocycles. The molecule has 2 aromatic rings. The molecule has 0 unspecified atom stereocenters. The van der Waals surface area contributed by atoms with Crippen LogP contribution in [0.15, 0.2) is 28.9 Å². The number of benzene rings is 1. The molecule has 0 radical (unpaired) electrons. The molecule has 0 fully saturated rings. The topological polar surface area (TPSA) is 70.5 Å². The van der Waals surface area contributed by atoms with Gasteiger partial charge in [-0.3, -0.25) is 0 Å². The lowest BCUT2D eigenvalue weighted by atomic mass is 10.1. The van der Waals surface area contributed by atoms with Gasteiger partial charge in [0.15, 0.2) is 0 Å². The Bertz CT molecular complexity index is 471. The van der Waals surface area contributed by atoms with Gasteiger partial charge in [0.25, 0.3) is 0 Å². The molecule has 0 saturated heterocycles. The van der Waals surface area contributed by atoms with Gasteiger partial charge in [0.2, 0.25) is 5.88 Å². The summed E-state index contributed by atoms with van der Waals surface area (Å²) in [6.45, 7) is 0. The van der Waals surface area contributed by atoms with Crippen molar-refractivity contribution in [3.63, 3.8) is 0 Å². The van der Waals surface area contributed by atoms with Crippen LogP contribution in [0.4, 0.5) is 5.88 Å². The van der Waals surface area contributed by atoms with E-state index < -0.39 is 0 Å². The molecule has 0 saturated carbocycles. The number of hydrogen-bond acceptors (Lipinski definition) is 5. The van der Waals surface area contributed by atoms with Crippen LogP contribution in [0.1, 0.15) is 0 Å². The maximum atomic E-state index is 5.64. The first-order valence-corrected chi connectivity index (χ1v) is 4.68. The van der Waals surface area contributed by atoms with Gasteiger partial charge in [-0.1, -0.05) is 5.16 Å². The van der Waals surface area contributed by atoms with E-state index in [1.807, 2.05) is 12.1 Å². The van der Waals surface area contributed by atoms with Gasteiger partial charge < -0.3 is 19.7 Å². The van der Waals surface area contributed by atoms with Gasteiger partial charge >= 0.3 is 0 Å². The number of nitrogens with two attached hydrogens (primary N) is 1. The molecule has 0 atom stereocenters. The molecule has 1 aromatic carbocycles. The summed E-state index contributed by atoms with van der Waals surface area (Å²) in [4.78, 5) is 0. The minimum absolute atomic E-state index is 0.273. The maximum Gasteiger partial charge on any atom is 0.229 e. The Balaban J connectivity index is 2.52. The van der Waals surface area contributed by atoms with Gasteiger partial charge in [-0.05, 0) is 17.7 Å². The normalized spacial score (nSPS) is 10.1. The van der Waals surface area contributed by atoms with Crippen LogP contribution in [0.5, 0.6) is 11.5 Å². The number of nitrogens with zero attached hydrogens (tertiary/aromatic N) is 1. The van der Waals surface area contributed by atoms with Gasteiger partial charge in [0, 0.05) is 6.07 Å². The second-order valence-electron chi connectivity index (χ2n) is 3.21. The highest BCUT2D eigenvalue weighted by molar-refractivity contribution is 5.74. The third-order valence-corrected chi connectivity index (χ3v) is 2.26. The quantitative estimate of drug-likeness (QED) is 0.855. The summed E-state index contributed by atoms with van der Waals surface area (Å²) in [7, 11) is 3.19. The van der Waals surface area contributed by atoms with Crippen LogP contribution in [-0.4, -0.2) is 19.4 Å². The molecule has 5 nitrogen and oxygen atoms in total. The molecule has 2 rings (SSSR count).